The topological polar surface area (TPSA) is 87.7 Å². The molecule has 2 saturated heterocycles. The zero-order chi connectivity index (χ0) is 18.8. The van der Waals surface area contributed by atoms with Crippen LogP contribution < -0.4 is 15.4 Å². The van der Waals surface area contributed by atoms with Gasteiger partial charge in [0.15, 0.2) is 0 Å². The summed E-state index contributed by atoms with van der Waals surface area (Å²) < 4.78 is 6.10. The number of nitrogens with zero attached hydrogens (tertiary/aromatic N) is 1. The van der Waals surface area contributed by atoms with Crippen LogP contribution in [0.15, 0.2) is 6.07 Å². The highest BCUT2D eigenvalue weighted by Gasteiger charge is 2.48. The van der Waals surface area contributed by atoms with Gasteiger partial charge in [0, 0.05) is 33.5 Å². The SMILES string of the molecule is Cl.O=C1CC[C@H](N2Cc3c(cc(Cl)c4c3OCC43CCNCC3)C2=O)C(=O)N1. The van der Waals surface area contributed by atoms with Gasteiger partial charge in [0.1, 0.15) is 11.8 Å². The molecule has 1 atom stereocenters. The number of halogens is 2. The largest absolute Gasteiger partial charge is 0.492 e. The number of fused-ring (bicyclic) bond motifs is 4. The maximum atomic E-state index is 13.0. The van der Waals surface area contributed by atoms with Crippen molar-refractivity contribution in [2.24, 2.45) is 0 Å². The first-order valence-corrected chi connectivity index (χ1v) is 9.72. The summed E-state index contributed by atoms with van der Waals surface area (Å²) in [6.07, 6.45) is 2.48. The lowest BCUT2D eigenvalue weighted by Crippen LogP contribution is -2.52. The van der Waals surface area contributed by atoms with E-state index in [1.807, 2.05) is 0 Å². The number of carbonyl (C=O) groups excluding carboxylic acids is 3. The molecule has 150 valence electrons. The van der Waals surface area contributed by atoms with Crippen LogP contribution in [0.4, 0.5) is 0 Å². The van der Waals surface area contributed by atoms with Crippen molar-refractivity contribution in [1.82, 2.24) is 15.5 Å². The van der Waals surface area contributed by atoms with E-state index in [2.05, 4.69) is 10.6 Å². The lowest BCUT2D eigenvalue weighted by Gasteiger charge is -2.33. The predicted octanol–water partition coefficient (Wildman–Crippen LogP) is 1.54. The van der Waals surface area contributed by atoms with Gasteiger partial charge in [-0.2, -0.15) is 0 Å². The van der Waals surface area contributed by atoms with Gasteiger partial charge in [-0.05, 0) is 38.4 Å². The Morgan fingerprint density at radius 1 is 1.21 bits per heavy atom. The van der Waals surface area contributed by atoms with E-state index in [9.17, 15) is 14.4 Å². The summed E-state index contributed by atoms with van der Waals surface area (Å²) >= 11 is 6.63. The van der Waals surface area contributed by atoms with E-state index >= 15 is 0 Å². The zero-order valence-corrected chi connectivity index (χ0v) is 16.8. The van der Waals surface area contributed by atoms with Crippen LogP contribution in [0.2, 0.25) is 5.02 Å². The molecule has 7 nitrogen and oxygen atoms in total. The molecule has 0 radical (unpaired) electrons. The van der Waals surface area contributed by atoms with Crippen LogP contribution in [0.3, 0.4) is 0 Å². The first-order chi connectivity index (χ1) is 13.0. The molecule has 3 amide bonds. The molecule has 28 heavy (non-hydrogen) atoms. The Morgan fingerprint density at radius 2 is 1.96 bits per heavy atom. The van der Waals surface area contributed by atoms with Gasteiger partial charge >= 0.3 is 0 Å². The summed E-state index contributed by atoms with van der Waals surface area (Å²) in [5, 5.41) is 6.27. The van der Waals surface area contributed by atoms with Gasteiger partial charge in [-0.1, -0.05) is 11.6 Å². The fourth-order valence-corrected chi connectivity index (χ4v) is 5.27. The molecule has 0 aliphatic carbocycles. The number of rotatable bonds is 1. The number of piperidine rings is 2. The van der Waals surface area contributed by atoms with Gasteiger partial charge in [0.2, 0.25) is 11.8 Å². The second-order valence-electron chi connectivity index (χ2n) is 7.81. The highest BCUT2D eigenvalue weighted by molar-refractivity contribution is 6.32. The van der Waals surface area contributed by atoms with Crippen molar-refractivity contribution in [2.75, 3.05) is 19.7 Å². The molecule has 4 aliphatic rings. The third-order valence-corrected chi connectivity index (χ3v) is 6.62. The number of hydrogen-bond donors (Lipinski definition) is 2. The summed E-state index contributed by atoms with van der Waals surface area (Å²) in [5.41, 5.74) is 2.24. The lowest BCUT2D eigenvalue weighted by molar-refractivity contribution is -0.136. The number of amides is 3. The molecule has 4 aliphatic heterocycles. The molecule has 9 heteroatoms. The average molecular weight is 426 g/mol. The molecule has 5 rings (SSSR count). The highest BCUT2D eigenvalue weighted by atomic mass is 35.5. The minimum Gasteiger partial charge on any atom is -0.492 e. The summed E-state index contributed by atoms with van der Waals surface area (Å²) in [4.78, 5) is 38.2. The summed E-state index contributed by atoms with van der Waals surface area (Å²) in [6, 6.07) is 1.11. The molecule has 0 bridgehead atoms. The van der Waals surface area contributed by atoms with Crippen molar-refractivity contribution in [2.45, 2.75) is 43.7 Å². The van der Waals surface area contributed by atoms with E-state index in [0.717, 1.165) is 42.8 Å². The van der Waals surface area contributed by atoms with Crippen molar-refractivity contribution < 1.29 is 19.1 Å². The second kappa shape index (κ2) is 6.90. The van der Waals surface area contributed by atoms with Crippen LogP contribution >= 0.6 is 24.0 Å². The number of ether oxygens (including phenoxy) is 1. The van der Waals surface area contributed by atoms with Crippen LogP contribution in [-0.2, 0) is 21.5 Å². The predicted molar refractivity (Wildman–Crippen MR) is 104 cm³/mol. The van der Waals surface area contributed by atoms with Gasteiger partial charge in [-0.25, -0.2) is 0 Å². The fraction of sp³-hybridized carbons (Fsp3) is 0.526. The maximum Gasteiger partial charge on any atom is 0.255 e. The van der Waals surface area contributed by atoms with Crippen LogP contribution in [0.1, 0.15) is 47.2 Å². The third-order valence-electron chi connectivity index (χ3n) is 6.33. The zero-order valence-electron chi connectivity index (χ0n) is 15.2. The number of hydrogen-bond acceptors (Lipinski definition) is 5. The molecule has 2 N–H and O–H groups in total. The van der Waals surface area contributed by atoms with Crippen molar-refractivity contribution in [1.29, 1.82) is 0 Å². The molecular weight excluding hydrogens is 405 g/mol. The van der Waals surface area contributed by atoms with Crippen LogP contribution in [-0.4, -0.2) is 48.4 Å². The monoisotopic (exact) mass is 425 g/mol. The summed E-state index contributed by atoms with van der Waals surface area (Å²) in [6.45, 7) is 2.72. The Labute approximate surface area is 173 Å². The van der Waals surface area contributed by atoms with Gasteiger partial charge < -0.3 is 15.0 Å². The third kappa shape index (κ3) is 2.71. The van der Waals surface area contributed by atoms with E-state index in [1.165, 1.54) is 0 Å². The van der Waals surface area contributed by atoms with Gasteiger partial charge in [0.25, 0.3) is 5.91 Å². The van der Waals surface area contributed by atoms with E-state index in [0.29, 0.717) is 30.2 Å². The summed E-state index contributed by atoms with van der Waals surface area (Å²) in [5.74, 6) is -0.201. The molecule has 0 unspecified atom stereocenters. The Bertz CT molecular complexity index is 882. The van der Waals surface area contributed by atoms with Crippen LogP contribution in [0.25, 0.3) is 0 Å². The number of nitrogens with one attached hydrogen (secondary N) is 2. The maximum absolute atomic E-state index is 13.0. The minimum atomic E-state index is -0.633. The van der Waals surface area contributed by atoms with E-state index in [-0.39, 0.29) is 36.1 Å². The van der Waals surface area contributed by atoms with Gasteiger partial charge in [0.05, 0.1) is 13.2 Å². The number of benzene rings is 1. The average Bonchev–Trinajstić information content (AvgIpc) is 3.16. The minimum absolute atomic E-state index is 0. The molecular formula is C19H21Cl2N3O4. The van der Waals surface area contributed by atoms with E-state index < -0.39 is 11.9 Å². The smallest absolute Gasteiger partial charge is 0.255 e. The first-order valence-electron chi connectivity index (χ1n) is 9.34. The van der Waals surface area contributed by atoms with Gasteiger partial charge in [-0.3, -0.25) is 19.7 Å². The van der Waals surface area contributed by atoms with Crippen molar-refractivity contribution in [3.63, 3.8) is 0 Å². The van der Waals surface area contributed by atoms with Crippen LogP contribution in [0.5, 0.6) is 5.75 Å². The van der Waals surface area contributed by atoms with E-state index in [4.69, 9.17) is 16.3 Å². The Balaban J connectivity index is 0.00000192. The molecule has 1 spiro atoms. The number of carbonyl (C=O) groups is 3. The normalized spacial score (nSPS) is 25.1. The van der Waals surface area contributed by atoms with Crippen molar-refractivity contribution >= 4 is 41.7 Å². The number of imide groups is 1. The van der Waals surface area contributed by atoms with Crippen LogP contribution in [0, 0.1) is 0 Å². The van der Waals surface area contributed by atoms with Crippen molar-refractivity contribution in [3.05, 3.63) is 27.8 Å². The van der Waals surface area contributed by atoms with Crippen molar-refractivity contribution in [3.8, 4) is 5.75 Å². The highest BCUT2D eigenvalue weighted by Crippen LogP contribution is 2.52. The summed E-state index contributed by atoms with van der Waals surface area (Å²) in [7, 11) is 0. The fourth-order valence-electron chi connectivity index (χ4n) is 4.88. The Morgan fingerprint density at radius 3 is 2.68 bits per heavy atom. The van der Waals surface area contributed by atoms with E-state index in [1.54, 1.807) is 11.0 Å². The molecule has 1 aromatic rings. The molecule has 0 aromatic heterocycles. The molecule has 0 saturated carbocycles. The van der Waals surface area contributed by atoms with Gasteiger partial charge in [-0.15, -0.1) is 12.4 Å². The molecule has 4 heterocycles. The molecule has 1 aromatic carbocycles. The quantitative estimate of drug-likeness (QED) is 0.666. The lowest BCUT2D eigenvalue weighted by atomic mass is 9.74. The standard InChI is InChI=1S/C19H20ClN3O4.ClH/c20-12-7-10-11(16-15(12)19(9-27-16)3-5-21-6-4-19)8-23(18(10)26)13-1-2-14(24)22-17(13)25;/h7,13,21H,1-6,8-9H2,(H,22,24,25);1H/t13-;/m0./s1. The second-order valence-corrected chi connectivity index (χ2v) is 8.21. The Kier molecular flexibility index (Phi) is 4.80. The first kappa shape index (κ1) is 19.5. The molecule has 2 fully saturated rings. The Hall–Kier alpha value is -1.83.